The fourth-order valence-corrected chi connectivity index (χ4v) is 3.47. The summed E-state index contributed by atoms with van der Waals surface area (Å²) in [5, 5.41) is 2.23. The van der Waals surface area contributed by atoms with E-state index in [1.54, 1.807) is 24.1 Å². The van der Waals surface area contributed by atoms with Gasteiger partial charge in [0.1, 0.15) is 0 Å². The third-order valence-corrected chi connectivity index (χ3v) is 4.97. The van der Waals surface area contributed by atoms with E-state index in [0.717, 1.165) is 21.2 Å². The van der Waals surface area contributed by atoms with Gasteiger partial charge in [-0.3, -0.25) is 19.3 Å². The molecule has 5 nitrogen and oxygen atoms in total. The molecule has 4 rings (SSSR count). The van der Waals surface area contributed by atoms with Gasteiger partial charge < -0.3 is 4.90 Å². The third kappa shape index (κ3) is 2.77. The van der Waals surface area contributed by atoms with Crippen molar-refractivity contribution in [3.63, 3.8) is 0 Å². The zero-order chi connectivity index (χ0) is 19.1. The quantitative estimate of drug-likeness (QED) is 0.675. The minimum atomic E-state index is -0.374. The number of benzene rings is 3. The van der Waals surface area contributed by atoms with Crippen LogP contribution in [-0.4, -0.2) is 41.6 Å². The van der Waals surface area contributed by atoms with Crippen molar-refractivity contribution in [2.45, 2.75) is 6.54 Å². The number of rotatable bonds is 3. The van der Waals surface area contributed by atoms with Gasteiger partial charge in [-0.25, -0.2) is 0 Å². The Morgan fingerprint density at radius 1 is 0.926 bits per heavy atom. The van der Waals surface area contributed by atoms with Crippen LogP contribution < -0.4 is 0 Å². The normalized spacial score (nSPS) is 13.2. The van der Waals surface area contributed by atoms with Crippen molar-refractivity contribution in [3.05, 3.63) is 82.9 Å². The molecular formula is C22H18N2O3. The molecule has 0 fully saturated rings. The van der Waals surface area contributed by atoms with Crippen molar-refractivity contribution in [2.75, 3.05) is 14.1 Å². The van der Waals surface area contributed by atoms with Crippen LogP contribution in [0.25, 0.3) is 10.8 Å². The molecule has 0 aliphatic carbocycles. The molecule has 0 radical (unpaired) electrons. The topological polar surface area (TPSA) is 57.7 Å². The monoisotopic (exact) mass is 358 g/mol. The molecule has 0 saturated heterocycles. The van der Waals surface area contributed by atoms with E-state index in [2.05, 4.69) is 0 Å². The summed E-state index contributed by atoms with van der Waals surface area (Å²) in [5.74, 6) is -0.903. The maximum atomic E-state index is 12.9. The van der Waals surface area contributed by atoms with E-state index in [1.807, 2.05) is 42.5 Å². The van der Waals surface area contributed by atoms with Crippen LogP contribution in [0.1, 0.15) is 36.6 Å². The van der Waals surface area contributed by atoms with Crippen LogP contribution in [0.15, 0.2) is 60.7 Å². The first-order valence-electron chi connectivity index (χ1n) is 8.66. The molecule has 0 bridgehead atoms. The first-order chi connectivity index (χ1) is 13.0. The predicted molar refractivity (Wildman–Crippen MR) is 103 cm³/mol. The van der Waals surface area contributed by atoms with Crippen LogP contribution in [-0.2, 0) is 6.54 Å². The smallest absolute Gasteiger partial charge is 0.261 e. The Labute approximate surface area is 156 Å². The first kappa shape index (κ1) is 17.0. The Bertz CT molecular complexity index is 1100. The lowest BCUT2D eigenvalue weighted by Gasteiger charge is -2.19. The highest BCUT2D eigenvalue weighted by Gasteiger charge is 2.33. The molecule has 1 aliphatic heterocycles. The molecule has 0 atom stereocenters. The van der Waals surface area contributed by atoms with E-state index >= 15 is 0 Å². The van der Waals surface area contributed by atoms with Crippen molar-refractivity contribution in [3.8, 4) is 0 Å². The highest BCUT2D eigenvalue weighted by Crippen LogP contribution is 2.24. The minimum absolute atomic E-state index is 0.194. The molecule has 3 aromatic rings. The van der Waals surface area contributed by atoms with Crippen LogP contribution in [0.2, 0.25) is 0 Å². The molecule has 1 heterocycles. The summed E-state index contributed by atoms with van der Waals surface area (Å²) in [5.41, 5.74) is 2.08. The highest BCUT2D eigenvalue weighted by atomic mass is 16.2. The van der Waals surface area contributed by atoms with E-state index in [4.69, 9.17) is 0 Å². The highest BCUT2D eigenvalue weighted by molar-refractivity contribution is 6.21. The van der Waals surface area contributed by atoms with Crippen LogP contribution >= 0.6 is 0 Å². The molecule has 0 N–H and O–H groups in total. The second-order valence-corrected chi connectivity index (χ2v) is 6.73. The maximum absolute atomic E-state index is 12.9. The fourth-order valence-electron chi connectivity index (χ4n) is 3.47. The zero-order valence-electron chi connectivity index (χ0n) is 15.1. The lowest BCUT2D eigenvalue weighted by molar-refractivity contribution is 0.0692. The summed E-state index contributed by atoms with van der Waals surface area (Å²) in [4.78, 5) is 39.7. The SMILES string of the molecule is CN(Cc1cccc2ccccc12)C(=O)c1ccc2c(c1)C(=O)N(C)C2=O. The summed E-state index contributed by atoms with van der Waals surface area (Å²) < 4.78 is 0. The van der Waals surface area contributed by atoms with Crippen molar-refractivity contribution in [1.82, 2.24) is 9.80 Å². The largest absolute Gasteiger partial charge is 0.337 e. The summed E-state index contributed by atoms with van der Waals surface area (Å²) in [7, 11) is 3.18. The second-order valence-electron chi connectivity index (χ2n) is 6.73. The number of nitrogens with zero attached hydrogens (tertiary/aromatic N) is 2. The average Bonchev–Trinajstić information content (AvgIpc) is 2.91. The molecule has 1 aliphatic rings. The second kappa shape index (κ2) is 6.36. The third-order valence-electron chi connectivity index (χ3n) is 4.97. The standard InChI is InChI=1S/C22H18N2O3/c1-23(13-16-8-5-7-14-6-3-4-9-17(14)16)20(25)15-10-11-18-19(12-15)22(27)24(2)21(18)26/h3-12H,13H2,1-2H3. The first-order valence-corrected chi connectivity index (χ1v) is 8.66. The van der Waals surface area contributed by atoms with Gasteiger partial charge in [0.25, 0.3) is 17.7 Å². The van der Waals surface area contributed by atoms with Gasteiger partial charge in [-0.2, -0.15) is 0 Å². The van der Waals surface area contributed by atoms with Crippen molar-refractivity contribution >= 4 is 28.5 Å². The summed E-state index contributed by atoms with van der Waals surface area (Å²) in [6, 6.07) is 18.7. The maximum Gasteiger partial charge on any atom is 0.261 e. The summed E-state index contributed by atoms with van der Waals surface area (Å²) in [6.45, 7) is 0.448. The Hall–Kier alpha value is -3.47. The fraction of sp³-hybridized carbons (Fsp3) is 0.136. The summed E-state index contributed by atoms with van der Waals surface area (Å²) in [6.07, 6.45) is 0. The van der Waals surface area contributed by atoms with Crippen LogP contribution in [0.4, 0.5) is 0 Å². The molecule has 5 heteroatoms. The van der Waals surface area contributed by atoms with Gasteiger partial charge in [-0.1, -0.05) is 42.5 Å². The van der Waals surface area contributed by atoms with E-state index < -0.39 is 0 Å². The van der Waals surface area contributed by atoms with Gasteiger partial charge in [0.15, 0.2) is 0 Å². The molecular weight excluding hydrogens is 340 g/mol. The number of imide groups is 1. The van der Waals surface area contributed by atoms with Crippen molar-refractivity contribution in [2.24, 2.45) is 0 Å². The van der Waals surface area contributed by atoms with Gasteiger partial charge >= 0.3 is 0 Å². The number of hydrogen-bond acceptors (Lipinski definition) is 3. The summed E-state index contributed by atoms with van der Waals surface area (Å²) >= 11 is 0. The van der Waals surface area contributed by atoms with Gasteiger partial charge in [0.2, 0.25) is 0 Å². The van der Waals surface area contributed by atoms with Crippen LogP contribution in [0, 0.1) is 0 Å². The lowest BCUT2D eigenvalue weighted by Crippen LogP contribution is -2.26. The molecule has 134 valence electrons. The Morgan fingerprint density at radius 2 is 1.63 bits per heavy atom. The van der Waals surface area contributed by atoms with E-state index in [-0.39, 0.29) is 23.3 Å². The predicted octanol–water partition coefficient (Wildman–Crippen LogP) is 3.34. The molecule has 0 spiro atoms. The lowest BCUT2D eigenvalue weighted by atomic mass is 10.0. The molecule has 3 amide bonds. The average molecular weight is 358 g/mol. The van der Waals surface area contributed by atoms with Gasteiger partial charge in [0.05, 0.1) is 11.1 Å². The van der Waals surface area contributed by atoms with Crippen LogP contribution in [0.5, 0.6) is 0 Å². The number of carbonyl (C=O) groups is 3. The van der Waals surface area contributed by atoms with Crippen molar-refractivity contribution in [1.29, 1.82) is 0 Å². The number of hydrogen-bond donors (Lipinski definition) is 0. The van der Waals surface area contributed by atoms with Gasteiger partial charge in [-0.15, -0.1) is 0 Å². The van der Waals surface area contributed by atoms with E-state index in [1.165, 1.54) is 13.1 Å². The van der Waals surface area contributed by atoms with E-state index in [9.17, 15) is 14.4 Å². The Kier molecular flexibility index (Phi) is 4.00. The number of fused-ring (bicyclic) bond motifs is 2. The molecule has 0 saturated carbocycles. The minimum Gasteiger partial charge on any atom is -0.337 e. The molecule has 0 unspecified atom stereocenters. The van der Waals surface area contributed by atoms with E-state index in [0.29, 0.717) is 17.7 Å². The molecule has 27 heavy (non-hydrogen) atoms. The Morgan fingerprint density at radius 3 is 2.44 bits per heavy atom. The van der Waals surface area contributed by atoms with Crippen molar-refractivity contribution < 1.29 is 14.4 Å². The number of amides is 3. The van der Waals surface area contributed by atoms with Gasteiger partial charge in [0, 0.05) is 26.2 Å². The van der Waals surface area contributed by atoms with Gasteiger partial charge in [-0.05, 0) is 34.5 Å². The Balaban J connectivity index is 1.62. The molecule has 0 aromatic heterocycles. The van der Waals surface area contributed by atoms with Crippen LogP contribution in [0.3, 0.4) is 0 Å². The number of carbonyl (C=O) groups excluding carboxylic acids is 3. The molecule has 3 aromatic carbocycles. The zero-order valence-corrected chi connectivity index (χ0v) is 15.1.